The van der Waals surface area contributed by atoms with Crippen LogP contribution in [0.1, 0.15) is 0 Å². The summed E-state index contributed by atoms with van der Waals surface area (Å²) in [7, 11) is 1.65. The zero-order valence-electron chi connectivity index (χ0n) is 15.6. The van der Waals surface area contributed by atoms with Crippen LogP contribution < -0.4 is 15.5 Å². The minimum Gasteiger partial charge on any atom is -0.497 e. The Labute approximate surface area is 170 Å². The van der Waals surface area contributed by atoms with Crippen molar-refractivity contribution >= 4 is 37.7 Å². The SMILES string of the molecule is COc1ccc(-c2cc(=NNc3nc4ccccc4s3)c3ccccc3o2)cc1. The maximum absolute atomic E-state index is 6.12. The highest BCUT2D eigenvalue weighted by Crippen LogP contribution is 2.26. The lowest BCUT2D eigenvalue weighted by atomic mass is 10.1. The highest BCUT2D eigenvalue weighted by atomic mass is 32.1. The summed E-state index contributed by atoms with van der Waals surface area (Å²) in [4.78, 5) is 4.58. The lowest BCUT2D eigenvalue weighted by Crippen LogP contribution is -2.07. The second-order valence-corrected chi connectivity index (χ2v) is 7.46. The molecule has 0 fully saturated rings. The van der Waals surface area contributed by atoms with Gasteiger partial charge in [0, 0.05) is 17.0 Å². The predicted octanol–water partition coefficient (Wildman–Crippen LogP) is 5.65. The molecule has 0 saturated heterocycles. The minimum atomic E-state index is 0.733. The third kappa shape index (κ3) is 3.46. The van der Waals surface area contributed by atoms with E-state index in [2.05, 4.69) is 21.6 Å². The van der Waals surface area contributed by atoms with Crippen molar-refractivity contribution in [3.8, 4) is 17.1 Å². The number of benzene rings is 3. The maximum Gasteiger partial charge on any atom is 0.204 e. The Morgan fingerprint density at radius 1 is 0.966 bits per heavy atom. The molecule has 1 N–H and O–H groups in total. The van der Waals surface area contributed by atoms with E-state index in [4.69, 9.17) is 9.15 Å². The van der Waals surface area contributed by atoms with Crippen LogP contribution >= 0.6 is 11.3 Å². The normalized spacial score (nSPS) is 11.8. The topological polar surface area (TPSA) is 59.6 Å². The lowest BCUT2D eigenvalue weighted by molar-refractivity contribution is 0.415. The summed E-state index contributed by atoms with van der Waals surface area (Å²) in [6, 6.07) is 25.6. The number of nitrogens with one attached hydrogen (secondary N) is 1. The van der Waals surface area contributed by atoms with Crippen molar-refractivity contribution in [3.05, 3.63) is 84.2 Å². The molecule has 6 heteroatoms. The molecule has 0 amide bonds. The quantitative estimate of drug-likeness (QED) is 0.397. The first-order valence-corrected chi connectivity index (χ1v) is 9.94. The summed E-state index contributed by atoms with van der Waals surface area (Å²) in [6.45, 7) is 0. The first kappa shape index (κ1) is 17.5. The number of para-hydroxylation sites is 2. The fourth-order valence-electron chi connectivity index (χ4n) is 3.14. The number of hydrogen-bond donors (Lipinski definition) is 1. The molecule has 142 valence electrons. The van der Waals surface area contributed by atoms with Crippen molar-refractivity contribution in [2.75, 3.05) is 12.5 Å². The van der Waals surface area contributed by atoms with Crippen molar-refractivity contribution in [1.29, 1.82) is 0 Å². The summed E-state index contributed by atoms with van der Waals surface area (Å²) in [5, 5.41) is 7.10. The van der Waals surface area contributed by atoms with Crippen LogP contribution in [-0.4, -0.2) is 12.1 Å². The van der Waals surface area contributed by atoms with Gasteiger partial charge in [-0.1, -0.05) is 35.6 Å². The van der Waals surface area contributed by atoms with E-state index < -0.39 is 0 Å². The summed E-state index contributed by atoms with van der Waals surface area (Å²) in [5.41, 5.74) is 5.79. The Morgan fingerprint density at radius 3 is 2.59 bits per heavy atom. The van der Waals surface area contributed by atoms with E-state index in [9.17, 15) is 0 Å². The van der Waals surface area contributed by atoms with Crippen LogP contribution in [-0.2, 0) is 0 Å². The van der Waals surface area contributed by atoms with Crippen molar-refractivity contribution in [3.63, 3.8) is 0 Å². The standard InChI is InChI=1S/C23H17N3O2S/c1-27-16-12-10-15(11-13-16)21-14-19(17-6-2-4-8-20(17)28-21)25-26-23-24-18-7-3-5-9-22(18)29-23/h2-14H,1H3,(H,24,26). The van der Waals surface area contributed by atoms with Gasteiger partial charge in [-0.2, -0.15) is 5.10 Å². The molecule has 0 aliphatic carbocycles. The molecule has 0 spiro atoms. The third-order valence-corrected chi connectivity index (χ3v) is 5.53. The molecule has 5 rings (SSSR count). The molecule has 0 radical (unpaired) electrons. The number of methoxy groups -OCH3 is 1. The Hall–Kier alpha value is -3.64. The molecular weight excluding hydrogens is 382 g/mol. The molecule has 0 saturated carbocycles. The largest absolute Gasteiger partial charge is 0.497 e. The molecule has 29 heavy (non-hydrogen) atoms. The van der Waals surface area contributed by atoms with Crippen LogP contribution in [0.25, 0.3) is 32.5 Å². The molecular formula is C23H17N3O2S. The average molecular weight is 399 g/mol. The van der Waals surface area contributed by atoms with Crippen LogP contribution in [0.3, 0.4) is 0 Å². The van der Waals surface area contributed by atoms with Gasteiger partial charge < -0.3 is 9.15 Å². The molecule has 5 aromatic rings. The van der Waals surface area contributed by atoms with E-state index in [1.165, 1.54) is 0 Å². The van der Waals surface area contributed by atoms with Crippen molar-refractivity contribution < 1.29 is 9.15 Å². The summed E-state index contributed by atoms with van der Waals surface area (Å²) in [6.07, 6.45) is 0. The monoisotopic (exact) mass is 399 g/mol. The van der Waals surface area contributed by atoms with Crippen LogP contribution in [0, 0.1) is 0 Å². The van der Waals surface area contributed by atoms with Crippen LogP contribution in [0.4, 0.5) is 5.13 Å². The van der Waals surface area contributed by atoms with Gasteiger partial charge in [0.1, 0.15) is 17.1 Å². The fourth-order valence-corrected chi connectivity index (χ4v) is 3.94. The van der Waals surface area contributed by atoms with Crippen molar-refractivity contribution in [2.45, 2.75) is 0 Å². The highest BCUT2D eigenvalue weighted by molar-refractivity contribution is 7.22. The first-order chi connectivity index (χ1) is 14.3. The summed E-state index contributed by atoms with van der Waals surface area (Å²) in [5.74, 6) is 1.54. The van der Waals surface area contributed by atoms with E-state index in [0.29, 0.717) is 0 Å². The average Bonchev–Trinajstić information content (AvgIpc) is 3.20. The number of hydrogen-bond acceptors (Lipinski definition) is 6. The Balaban J connectivity index is 1.60. The molecule has 0 aliphatic heterocycles. The Kier molecular flexibility index (Phi) is 4.46. The smallest absolute Gasteiger partial charge is 0.204 e. The van der Waals surface area contributed by atoms with E-state index in [-0.39, 0.29) is 0 Å². The van der Waals surface area contributed by atoms with Gasteiger partial charge in [0.05, 0.1) is 22.7 Å². The summed E-state index contributed by atoms with van der Waals surface area (Å²) >= 11 is 1.57. The van der Waals surface area contributed by atoms with Gasteiger partial charge in [-0.25, -0.2) is 4.98 Å². The zero-order chi connectivity index (χ0) is 19.6. The number of aromatic nitrogens is 1. The molecule has 0 bridgehead atoms. The number of fused-ring (bicyclic) bond motifs is 2. The first-order valence-electron chi connectivity index (χ1n) is 9.13. The number of nitrogens with zero attached hydrogens (tertiary/aromatic N) is 2. The Morgan fingerprint density at radius 2 is 1.76 bits per heavy atom. The molecule has 0 unspecified atom stereocenters. The predicted molar refractivity (Wildman–Crippen MR) is 117 cm³/mol. The summed E-state index contributed by atoms with van der Waals surface area (Å²) < 4.78 is 12.5. The van der Waals surface area contributed by atoms with Gasteiger partial charge in [0.2, 0.25) is 5.13 Å². The fraction of sp³-hybridized carbons (Fsp3) is 0.0435. The van der Waals surface area contributed by atoms with Crippen molar-refractivity contribution in [1.82, 2.24) is 4.98 Å². The molecule has 2 aromatic heterocycles. The lowest BCUT2D eigenvalue weighted by Gasteiger charge is -2.06. The molecule has 0 aliphatic rings. The number of rotatable bonds is 4. The molecule has 2 heterocycles. The molecule has 3 aromatic carbocycles. The molecule has 0 atom stereocenters. The maximum atomic E-state index is 6.12. The van der Waals surface area contributed by atoms with Crippen LogP contribution in [0.15, 0.2) is 88.4 Å². The van der Waals surface area contributed by atoms with E-state index in [0.717, 1.165) is 48.7 Å². The van der Waals surface area contributed by atoms with Gasteiger partial charge in [0.15, 0.2) is 0 Å². The number of thiazole rings is 1. The van der Waals surface area contributed by atoms with Crippen LogP contribution in [0.5, 0.6) is 5.75 Å². The third-order valence-electron chi connectivity index (χ3n) is 4.59. The molecule has 5 nitrogen and oxygen atoms in total. The number of anilines is 1. The highest BCUT2D eigenvalue weighted by Gasteiger charge is 2.07. The van der Waals surface area contributed by atoms with Gasteiger partial charge in [-0.05, 0) is 48.5 Å². The van der Waals surface area contributed by atoms with Crippen molar-refractivity contribution in [2.24, 2.45) is 5.10 Å². The zero-order valence-corrected chi connectivity index (χ0v) is 16.4. The minimum absolute atomic E-state index is 0.733. The van der Waals surface area contributed by atoms with Crippen LogP contribution in [0.2, 0.25) is 0 Å². The van der Waals surface area contributed by atoms with Gasteiger partial charge in [0.25, 0.3) is 0 Å². The van der Waals surface area contributed by atoms with Gasteiger partial charge in [-0.3, -0.25) is 5.43 Å². The van der Waals surface area contributed by atoms with E-state index >= 15 is 0 Å². The second-order valence-electron chi connectivity index (χ2n) is 6.43. The Bertz CT molecular complexity index is 1340. The second kappa shape index (κ2) is 7.41. The van der Waals surface area contributed by atoms with Gasteiger partial charge in [-0.15, -0.1) is 0 Å². The number of ether oxygens (including phenoxy) is 1. The van der Waals surface area contributed by atoms with E-state index in [1.807, 2.05) is 72.8 Å². The van der Waals surface area contributed by atoms with Gasteiger partial charge >= 0.3 is 0 Å². The van der Waals surface area contributed by atoms with E-state index in [1.54, 1.807) is 18.4 Å².